The second-order valence-electron chi connectivity index (χ2n) is 7.75. The Morgan fingerprint density at radius 2 is 1.77 bits per heavy atom. The van der Waals surface area contributed by atoms with Gasteiger partial charge in [0, 0.05) is 17.0 Å². The number of hydrogen-bond acceptors (Lipinski definition) is 6. The van der Waals surface area contributed by atoms with Gasteiger partial charge in [-0.15, -0.1) is 0 Å². The van der Waals surface area contributed by atoms with Crippen LogP contribution in [-0.2, 0) is 26.2 Å². The van der Waals surface area contributed by atoms with Crippen molar-refractivity contribution in [1.82, 2.24) is 4.72 Å². The van der Waals surface area contributed by atoms with E-state index >= 15 is 0 Å². The van der Waals surface area contributed by atoms with E-state index in [0.717, 1.165) is 16.7 Å². The number of hydrogen-bond donors (Lipinski definition) is 1. The van der Waals surface area contributed by atoms with Crippen molar-refractivity contribution in [3.8, 4) is 0 Å². The summed E-state index contributed by atoms with van der Waals surface area (Å²) >= 11 is 0. The van der Waals surface area contributed by atoms with Gasteiger partial charge in [0.15, 0.2) is 0 Å². The normalized spacial score (nSPS) is 11.8. The molecule has 0 saturated heterocycles. The summed E-state index contributed by atoms with van der Waals surface area (Å²) in [6, 6.07) is 11.3. The average Bonchev–Trinajstić information content (AvgIpc) is 2.70. The molecule has 7 nitrogen and oxygen atoms in total. The molecule has 0 bridgehead atoms. The number of esters is 1. The maximum atomic E-state index is 12.3. The summed E-state index contributed by atoms with van der Waals surface area (Å²) in [4.78, 5) is 24.1. The Labute approximate surface area is 181 Å². The molecule has 1 heterocycles. The van der Waals surface area contributed by atoms with Crippen LogP contribution in [0.5, 0.6) is 0 Å². The third-order valence-corrected chi connectivity index (χ3v) is 6.38. The van der Waals surface area contributed by atoms with Crippen LogP contribution in [0.25, 0.3) is 11.0 Å². The lowest BCUT2D eigenvalue weighted by atomic mass is 9.95. The smallest absolute Gasteiger partial charge is 0.336 e. The molecule has 1 N–H and O–H groups in total. The Hall–Kier alpha value is -2.97. The van der Waals surface area contributed by atoms with Gasteiger partial charge >= 0.3 is 11.6 Å². The third-order valence-electron chi connectivity index (χ3n) is 4.97. The van der Waals surface area contributed by atoms with Crippen LogP contribution in [0.15, 0.2) is 56.6 Å². The van der Waals surface area contributed by atoms with E-state index in [4.69, 9.17) is 9.15 Å². The Bertz CT molecular complexity index is 1270. The van der Waals surface area contributed by atoms with Gasteiger partial charge in [0.1, 0.15) is 18.7 Å². The minimum absolute atomic E-state index is 0.0640. The Morgan fingerprint density at radius 1 is 1.10 bits per heavy atom. The van der Waals surface area contributed by atoms with Crippen molar-refractivity contribution in [3.63, 3.8) is 0 Å². The van der Waals surface area contributed by atoms with Gasteiger partial charge in [0.2, 0.25) is 10.0 Å². The number of carbonyl (C=O) groups is 1. The van der Waals surface area contributed by atoms with E-state index in [1.54, 1.807) is 18.2 Å². The van der Waals surface area contributed by atoms with Gasteiger partial charge in [-0.2, -0.15) is 4.72 Å². The molecule has 3 rings (SSSR count). The molecule has 0 atom stereocenters. The topological polar surface area (TPSA) is 103 Å². The van der Waals surface area contributed by atoms with Crippen LogP contribution in [0.1, 0.15) is 42.0 Å². The zero-order valence-electron chi connectivity index (χ0n) is 17.9. The molecule has 0 fully saturated rings. The molecule has 0 spiro atoms. The van der Waals surface area contributed by atoms with E-state index in [0.29, 0.717) is 16.5 Å². The van der Waals surface area contributed by atoms with Gasteiger partial charge in [0.05, 0.1) is 4.90 Å². The van der Waals surface area contributed by atoms with E-state index in [1.165, 1.54) is 18.2 Å². The molecule has 0 radical (unpaired) electrons. The van der Waals surface area contributed by atoms with Crippen LogP contribution < -0.4 is 10.3 Å². The lowest BCUT2D eigenvalue weighted by molar-refractivity contribution is -0.143. The lowest BCUT2D eigenvalue weighted by Crippen LogP contribution is -2.30. The van der Waals surface area contributed by atoms with Gasteiger partial charge in [-0.05, 0) is 55.2 Å². The van der Waals surface area contributed by atoms with Crippen LogP contribution in [-0.4, -0.2) is 20.9 Å². The minimum atomic E-state index is -3.83. The Morgan fingerprint density at radius 3 is 2.42 bits per heavy atom. The second kappa shape index (κ2) is 9.03. The standard InChI is InChI=1S/C23H25NO6S/c1-14(2)19-11-20-17(10-22(25)30-21(20)9-16(19)4)13-29-23(26)12-24-31(27,28)18-7-5-15(3)6-8-18/h5-11,14,24H,12-13H2,1-4H3. The molecule has 0 saturated carbocycles. The largest absolute Gasteiger partial charge is 0.460 e. The highest BCUT2D eigenvalue weighted by Crippen LogP contribution is 2.27. The summed E-state index contributed by atoms with van der Waals surface area (Å²) in [7, 11) is -3.83. The molecule has 8 heteroatoms. The summed E-state index contributed by atoms with van der Waals surface area (Å²) in [5.74, 6) is -0.490. The number of aryl methyl sites for hydroxylation is 2. The first-order valence-corrected chi connectivity index (χ1v) is 11.3. The van der Waals surface area contributed by atoms with Crippen LogP contribution in [0, 0.1) is 13.8 Å². The van der Waals surface area contributed by atoms with Crippen molar-refractivity contribution in [2.45, 2.75) is 45.1 Å². The second-order valence-corrected chi connectivity index (χ2v) is 9.52. The van der Waals surface area contributed by atoms with Crippen molar-refractivity contribution in [2.24, 2.45) is 0 Å². The highest BCUT2D eigenvalue weighted by molar-refractivity contribution is 7.89. The molecule has 0 aliphatic rings. The number of ether oxygens (including phenoxy) is 1. The third kappa shape index (κ3) is 5.39. The monoisotopic (exact) mass is 443 g/mol. The van der Waals surface area contributed by atoms with Gasteiger partial charge in [-0.3, -0.25) is 4.79 Å². The first-order valence-electron chi connectivity index (χ1n) is 9.86. The Kier molecular flexibility index (Phi) is 6.62. The molecule has 0 unspecified atom stereocenters. The maximum Gasteiger partial charge on any atom is 0.336 e. The summed E-state index contributed by atoms with van der Waals surface area (Å²) in [6.07, 6.45) is 0. The van der Waals surface area contributed by atoms with E-state index in [-0.39, 0.29) is 17.4 Å². The number of fused-ring (bicyclic) bond motifs is 1. The van der Waals surface area contributed by atoms with Gasteiger partial charge in [0.25, 0.3) is 0 Å². The van der Waals surface area contributed by atoms with Crippen molar-refractivity contribution in [1.29, 1.82) is 0 Å². The predicted octanol–water partition coefficient (Wildman–Crippen LogP) is 3.55. The quantitative estimate of drug-likeness (QED) is 0.442. The van der Waals surface area contributed by atoms with Gasteiger partial charge < -0.3 is 9.15 Å². The molecular formula is C23H25NO6S. The molecule has 164 valence electrons. The van der Waals surface area contributed by atoms with Crippen molar-refractivity contribution < 1.29 is 22.4 Å². The number of sulfonamides is 1. The van der Waals surface area contributed by atoms with E-state index in [9.17, 15) is 18.0 Å². The fourth-order valence-electron chi connectivity index (χ4n) is 3.30. The Balaban J connectivity index is 1.73. The van der Waals surface area contributed by atoms with Gasteiger partial charge in [-0.25, -0.2) is 13.2 Å². The van der Waals surface area contributed by atoms with Gasteiger partial charge in [-0.1, -0.05) is 31.5 Å². The molecule has 2 aromatic carbocycles. The van der Waals surface area contributed by atoms with Crippen molar-refractivity contribution >= 4 is 27.0 Å². The fourth-order valence-corrected chi connectivity index (χ4v) is 4.27. The minimum Gasteiger partial charge on any atom is -0.460 e. The highest BCUT2D eigenvalue weighted by atomic mass is 32.2. The average molecular weight is 444 g/mol. The van der Waals surface area contributed by atoms with Crippen LogP contribution in [0.2, 0.25) is 0 Å². The van der Waals surface area contributed by atoms with E-state index in [1.807, 2.05) is 19.9 Å². The summed E-state index contributed by atoms with van der Waals surface area (Å²) in [5.41, 5.74) is 3.40. The molecule has 0 amide bonds. The first kappa shape index (κ1) is 22.7. The van der Waals surface area contributed by atoms with E-state index in [2.05, 4.69) is 18.6 Å². The molecule has 0 aliphatic heterocycles. The number of carbonyl (C=O) groups excluding carboxylic acids is 1. The fraction of sp³-hybridized carbons (Fsp3) is 0.304. The summed E-state index contributed by atoms with van der Waals surface area (Å²) in [5, 5.41) is 0.682. The molecule has 0 aliphatic carbocycles. The number of rotatable bonds is 7. The molecule has 31 heavy (non-hydrogen) atoms. The zero-order valence-corrected chi connectivity index (χ0v) is 18.7. The van der Waals surface area contributed by atoms with E-state index < -0.39 is 28.2 Å². The highest BCUT2D eigenvalue weighted by Gasteiger charge is 2.17. The van der Waals surface area contributed by atoms with Crippen LogP contribution in [0.4, 0.5) is 0 Å². The summed E-state index contributed by atoms with van der Waals surface area (Å²) in [6.45, 7) is 7.22. The molecular weight excluding hydrogens is 418 g/mol. The van der Waals surface area contributed by atoms with Crippen molar-refractivity contribution in [2.75, 3.05) is 6.54 Å². The lowest BCUT2D eigenvalue weighted by Gasteiger charge is -2.13. The maximum absolute atomic E-state index is 12.3. The van der Waals surface area contributed by atoms with Crippen LogP contribution >= 0.6 is 0 Å². The zero-order chi connectivity index (χ0) is 22.8. The van der Waals surface area contributed by atoms with Crippen molar-refractivity contribution in [3.05, 3.63) is 75.1 Å². The predicted molar refractivity (Wildman–Crippen MR) is 117 cm³/mol. The molecule has 3 aromatic rings. The SMILES string of the molecule is Cc1ccc(S(=O)(=O)NCC(=O)OCc2cc(=O)oc3cc(C)c(C(C)C)cc23)cc1. The number of nitrogens with one attached hydrogen (secondary N) is 1. The summed E-state index contributed by atoms with van der Waals surface area (Å²) < 4.78 is 37.3. The first-order chi connectivity index (χ1) is 14.6. The number of benzene rings is 2. The van der Waals surface area contributed by atoms with Crippen LogP contribution in [0.3, 0.4) is 0 Å². The molecule has 1 aromatic heterocycles.